The summed E-state index contributed by atoms with van der Waals surface area (Å²) >= 11 is 8.48. The zero-order valence-corrected chi connectivity index (χ0v) is 16.8. The number of aryl methyl sites for hydroxylation is 1. The number of benzene rings is 1. The summed E-state index contributed by atoms with van der Waals surface area (Å²) < 4.78 is 4.08. The predicted octanol–water partition coefficient (Wildman–Crippen LogP) is 4.14. The summed E-state index contributed by atoms with van der Waals surface area (Å²) in [4.78, 5) is 25.8. The molecule has 4 aromatic rings. The number of carbonyl (C=O) groups excluding carboxylic acids is 1. The van der Waals surface area contributed by atoms with E-state index < -0.39 is 0 Å². The molecular formula is C18H15ClN4O2S2. The normalized spacial score (nSPS) is 11.5. The van der Waals surface area contributed by atoms with Crippen molar-refractivity contribution in [2.45, 2.75) is 25.0 Å². The standard InChI is InChI=1S/C18H15ClN4O2S2/c1-2-9-22-16(25)11-5-3-4-6-12(11)23-17(22)20-21-18(23)26-10-13(24)14-7-8-15(19)27-14/h3-8H,2,9-10H2,1H3. The van der Waals surface area contributed by atoms with E-state index >= 15 is 0 Å². The summed E-state index contributed by atoms with van der Waals surface area (Å²) in [6, 6.07) is 10.8. The number of ketones is 1. The Morgan fingerprint density at radius 1 is 1.22 bits per heavy atom. The third kappa shape index (κ3) is 3.28. The Hall–Kier alpha value is -2.16. The van der Waals surface area contributed by atoms with Crippen molar-refractivity contribution in [3.63, 3.8) is 0 Å². The van der Waals surface area contributed by atoms with E-state index in [4.69, 9.17) is 11.6 Å². The summed E-state index contributed by atoms with van der Waals surface area (Å²) in [6.45, 7) is 2.57. The second-order valence-corrected chi connectivity index (χ2v) is 8.57. The van der Waals surface area contributed by atoms with Crippen LogP contribution in [0, 0.1) is 0 Å². The number of para-hydroxylation sites is 1. The van der Waals surface area contributed by atoms with Crippen molar-refractivity contribution >= 4 is 57.2 Å². The van der Waals surface area contributed by atoms with E-state index in [1.807, 2.05) is 29.5 Å². The molecule has 3 heterocycles. The Morgan fingerprint density at radius 2 is 2.04 bits per heavy atom. The van der Waals surface area contributed by atoms with E-state index in [2.05, 4.69) is 10.2 Å². The molecule has 0 radical (unpaired) electrons. The van der Waals surface area contributed by atoms with Gasteiger partial charge in [-0.05, 0) is 30.7 Å². The summed E-state index contributed by atoms with van der Waals surface area (Å²) in [5, 5.41) is 9.66. The van der Waals surface area contributed by atoms with E-state index in [9.17, 15) is 9.59 Å². The Morgan fingerprint density at radius 3 is 2.78 bits per heavy atom. The molecule has 0 N–H and O–H groups in total. The van der Waals surface area contributed by atoms with Crippen molar-refractivity contribution < 1.29 is 4.79 Å². The van der Waals surface area contributed by atoms with Crippen molar-refractivity contribution in [2.24, 2.45) is 0 Å². The molecule has 0 aliphatic rings. The Balaban J connectivity index is 1.78. The number of nitrogens with zero attached hydrogens (tertiary/aromatic N) is 4. The van der Waals surface area contributed by atoms with Gasteiger partial charge in [-0.3, -0.25) is 18.6 Å². The average Bonchev–Trinajstić information content (AvgIpc) is 3.30. The quantitative estimate of drug-likeness (QED) is 0.347. The molecule has 1 aromatic carbocycles. The number of thiophene rings is 1. The first-order valence-electron chi connectivity index (χ1n) is 8.38. The molecule has 0 atom stereocenters. The summed E-state index contributed by atoms with van der Waals surface area (Å²) in [5.41, 5.74) is 0.664. The number of thioether (sulfide) groups is 1. The van der Waals surface area contributed by atoms with Crippen LogP contribution in [-0.4, -0.2) is 30.7 Å². The zero-order valence-electron chi connectivity index (χ0n) is 14.4. The van der Waals surface area contributed by atoms with Gasteiger partial charge in [-0.15, -0.1) is 21.5 Å². The fourth-order valence-electron chi connectivity index (χ4n) is 2.92. The van der Waals surface area contributed by atoms with E-state index in [-0.39, 0.29) is 17.1 Å². The van der Waals surface area contributed by atoms with Gasteiger partial charge in [0.15, 0.2) is 10.9 Å². The minimum atomic E-state index is -0.0757. The smallest absolute Gasteiger partial charge is 0.262 e. The highest BCUT2D eigenvalue weighted by Gasteiger charge is 2.18. The molecule has 0 amide bonds. The van der Waals surface area contributed by atoms with Crippen LogP contribution >= 0.6 is 34.7 Å². The van der Waals surface area contributed by atoms with Gasteiger partial charge in [-0.25, -0.2) is 0 Å². The van der Waals surface area contributed by atoms with Crippen molar-refractivity contribution in [3.05, 3.63) is 56.0 Å². The molecule has 6 nitrogen and oxygen atoms in total. The van der Waals surface area contributed by atoms with E-state index in [1.165, 1.54) is 23.1 Å². The minimum Gasteiger partial charge on any atom is -0.292 e. The van der Waals surface area contributed by atoms with Crippen LogP contribution in [0.25, 0.3) is 16.7 Å². The van der Waals surface area contributed by atoms with Crippen LogP contribution in [0.3, 0.4) is 0 Å². The van der Waals surface area contributed by atoms with Crippen LogP contribution in [0.1, 0.15) is 23.0 Å². The predicted molar refractivity (Wildman–Crippen MR) is 109 cm³/mol. The van der Waals surface area contributed by atoms with Gasteiger partial charge in [0.1, 0.15) is 0 Å². The van der Waals surface area contributed by atoms with Crippen LogP contribution in [0.15, 0.2) is 46.3 Å². The third-order valence-corrected chi connectivity index (χ3v) is 6.31. The Labute approximate surface area is 167 Å². The fraction of sp³-hybridized carbons (Fsp3) is 0.222. The molecule has 0 unspecified atom stereocenters. The first-order valence-corrected chi connectivity index (χ1v) is 10.6. The molecule has 0 fully saturated rings. The van der Waals surface area contributed by atoms with Crippen LogP contribution in [-0.2, 0) is 6.54 Å². The van der Waals surface area contributed by atoms with E-state index in [0.29, 0.717) is 32.1 Å². The van der Waals surface area contributed by atoms with Gasteiger partial charge in [-0.2, -0.15) is 0 Å². The topological polar surface area (TPSA) is 69.3 Å². The molecule has 138 valence electrons. The largest absolute Gasteiger partial charge is 0.292 e. The summed E-state index contributed by atoms with van der Waals surface area (Å²) in [7, 11) is 0. The molecule has 4 rings (SSSR count). The molecule has 0 saturated carbocycles. The van der Waals surface area contributed by atoms with Crippen molar-refractivity contribution in [2.75, 3.05) is 5.75 Å². The lowest BCUT2D eigenvalue weighted by Crippen LogP contribution is -2.23. The maximum atomic E-state index is 12.8. The second kappa shape index (κ2) is 7.46. The molecule has 27 heavy (non-hydrogen) atoms. The van der Waals surface area contributed by atoms with Crippen molar-refractivity contribution in [3.8, 4) is 0 Å². The summed E-state index contributed by atoms with van der Waals surface area (Å²) in [6.07, 6.45) is 0.806. The monoisotopic (exact) mass is 418 g/mol. The molecule has 3 aromatic heterocycles. The lowest BCUT2D eigenvalue weighted by atomic mass is 10.2. The van der Waals surface area contributed by atoms with Gasteiger partial charge in [0, 0.05) is 6.54 Å². The van der Waals surface area contributed by atoms with Crippen LogP contribution in [0.4, 0.5) is 0 Å². The lowest BCUT2D eigenvalue weighted by molar-refractivity contribution is 0.102. The van der Waals surface area contributed by atoms with Crippen LogP contribution in [0.5, 0.6) is 0 Å². The minimum absolute atomic E-state index is 0.0140. The van der Waals surface area contributed by atoms with Crippen LogP contribution in [0.2, 0.25) is 4.34 Å². The highest BCUT2D eigenvalue weighted by Crippen LogP contribution is 2.26. The van der Waals surface area contributed by atoms with E-state index in [1.54, 1.807) is 22.8 Å². The second-order valence-electron chi connectivity index (χ2n) is 5.91. The number of rotatable bonds is 6. The Kier molecular flexibility index (Phi) is 5.03. The van der Waals surface area contributed by atoms with Gasteiger partial charge in [0.05, 0.1) is 25.9 Å². The highest BCUT2D eigenvalue weighted by atomic mass is 35.5. The molecule has 0 spiro atoms. The molecule has 0 saturated heterocycles. The third-order valence-electron chi connectivity index (χ3n) is 4.11. The fourth-order valence-corrected chi connectivity index (χ4v) is 4.81. The number of carbonyl (C=O) groups is 1. The van der Waals surface area contributed by atoms with Gasteiger partial charge in [-0.1, -0.05) is 42.4 Å². The van der Waals surface area contributed by atoms with Gasteiger partial charge in [0.2, 0.25) is 5.78 Å². The van der Waals surface area contributed by atoms with E-state index in [0.717, 1.165) is 11.9 Å². The average molecular weight is 419 g/mol. The molecule has 0 aliphatic carbocycles. The van der Waals surface area contributed by atoms with Gasteiger partial charge in [0.25, 0.3) is 5.56 Å². The molecule has 0 bridgehead atoms. The zero-order chi connectivity index (χ0) is 19.0. The number of halogens is 1. The molecule has 0 aliphatic heterocycles. The van der Waals surface area contributed by atoms with Gasteiger partial charge >= 0.3 is 0 Å². The molecule has 9 heteroatoms. The maximum Gasteiger partial charge on any atom is 0.262 e. The van der Waals surface area contributed by atoms with Crippen LogP contribution < -0.4 is 5.56 Å². The number of aromatic nitrogens is 4. The number of hydrogen-bond donors (Lipinski definition) is 0. The van der Waals surface area contributed by atoms with Crippen molar-refractivity contribution in [1.82, 2.24) is 19.2 Å². The number of hydrogen-bond acceptors (Lipinski definition) is 6. The lowest BCUT2D eigenvalue weighted by Gasteiger charge is -2.10. The Bertz CT molecular complexity index is 1210. The molecular weight excluding hydrogens is 404 g/mol. The van der Waals surface area contributed by atoms with Crippen molar-refractivity contribution in [1.29, 1.82) is 0 Å². The first kappa shape index (κ1) is 18.2. The highest BCUT2D eigenvalue weighted by molar-refractivity contribution is 7.99. The maximum absolute atomic E-state index is 12.8. The summed E-state index contributed by atoms with van der Waals surface area (Å²) in [5.74, 6) is 0.702. The SMILES string of the molecule is CCCn1c(=O)c2ccccc2n2c(SCC(=O)c3ccc(Cl)s3)nnc12. The number of Topliss-reactive ketones (excluding diaryl/α,β-unsaturated/α-hetero) is 1. The number of fused-ring (bicyclic) bond motifs is 3. The van der Waals surface area contributed by atoms with Gasteiger partial charge < -0.3 is 0 Å². The first-order chi connectivity index (χ1) is 13.1.